The van der Waals surface area contributed by atoms with Crippen molar-refractivity contribution in [1.82, 2.24) is 25.3 Å². The van der Waals surface area contributed by atoms with Crippen LogP contribution in [0.4, 0.5) is 0 Å². The quantitative estimate of drug-likeness (QED) is 0.363. The molecule has 0 aromatic carbocycles. The highest BCUT2D eigenvalue weighted by Crippen LogP contribution is 2.14. The van der Waals surface area contributed by atoms with Gasteiger partial charge >= 0.3 is 0 Å². The first-order valence-corrected chi connectivity index (χ1v) is 10.8. The second kappa shape index (κ2) is 12.1. The second-order valence-electron chi connectivity index (χ2n) is 8.08. The average molecular weight is 393 g/mol. The highest BCUT2D eigenvalue weighted by molar-refractivity contribution is 5.79. The number of hydrogen-bond acceptors (Lipinski definition) is 4. The van der Waals surface area contributed by atoms with Crippen LogP contribution >= 0.6 is 0 Å². The van der Waals surface area contributed by atoms with E-state index in [1.165, 1.54) is 12.1 Å². The van der Waals surface area contributed by atoms with E-state index < -0.39 is 0 Å². The first-order chi connectivity index (χ1) is 13.5. The van der Waals surface area contributed by atoms with Gasteiger partial charge in [-0.25, -0.2) is 0 Å². The third-order valence-corrected chi connectivity index (χ3v) is 5.05. The van der Waals surface area contributed by atoms with Crippen molar-refractivity contribution in [3.8, 4) is 0 Å². The number of aryl methyl sites for hydroxylation is 3. The molecule has 0 amide bonds. The molecule has 28 heavy (non-hydrogen) atoms. The molecule has 1 atom stereocenters. The zero-order valence-corrected chi connectivity index (χ0v) is 18.5. The maximum Gasteiger partial charge on any atom is 0.191 e. The maximum absolute atomic E-state index is 5.52. The van der Waals surface area contributed by atoms with Crippen molar-refractivity contribution in [3.05, 3.63) is 17.5 Å². The molecule has 0 spiro atoms. The van der Waals surface area contributed by atoms with Gasteiger partial charge < -0.3 is 15.4 Å². The van der Waals surface area contributed by atoms with E-state index in [2.05, 4.69) is 59.1 Å². The van der Waals surface area contributed by atoms with E-state index in [1.807, 2.05) is 6.92 Å². The fourth-order valence-corrected chi connectivity index (χ4v) is 3.70. The fourth-order valence-electron chi connectivity index (χ4n) is 3.70. The molecular formula is C21H40N6O. The summed E-state index contributed by atoms with van der Waals surface area (Å²) >= 11 is 0. The molecule has 0 radical (unpaired) electrons. The molecule has 0 aliphatic carbocycles. The Morgan fingerprint density at radius 3 is 2.61 bits per heavy atom. The lowest BCUT2D eigenvalue weighted by atomic mass is 10.0. The van der Waals surface area contributed by atoms with Crippen LogP contribution in [-0.2, 0) is 11.3 Å². The van der Waals surface area contributed by atoms with Crippen molar-refractivity contribution >= 4 is 5.96 Å². The molecule has 160 valence electrons. The molecule has 1 unspecified atom stereocenters. The van der Waals surface area contributed by atoms with Gasteiger partial charge in [-0.1, -0.05) is 13.8 Å². The summed E-state index contributed by atoms with van der Waals surface area (Å²) in [5.41, 5.74) is 2.31. The molecule has 2 rings (SSSR count). The Morgan fingerprint density at radius 1 is 1.25 bits per heavy atom. The Hall–Kier alpha value is -1.60. The van der Waals surface area contributed by atoms with Crippen molar-refractivity contribution in [1.29, 1.82) is 0 Å². The topological polar surface area (TPSA) is 66.7 Å². The first-order valence-electron chi connectivity index (χ1n) is 10.8. The summed E-state index contributed by atoms with van der Waals surface area (Å²) < 4.78 is 7.60. The van der Waals surface area contributed by atoms with Crippen LogP contribution in [0.25, 0.3) is 0 Å². The first kappa shape index (κ1) is 22.7. The summed E-state index contributed by atoms with van der Waals surface area (Å²) in [4.78, 5) is 7.44. The average Bonchev–Trinajstić information content (AvgIpc) is 2.99. The minimum Gasteiger partial charge on any atom is -0.379 e. The Bertz CT molecular complexity index is 592. The van der Waals surface area contributed by atoms with E-state index in [4.69, 9.17) is 9.73 Å². The minimum atomic E-state index is 0.481. The molecule has 1 fully saturated rings. The molecule has 0 bridgehead atoms. The highest BCUT2D eigenvalue weighted by atomic mass is 16.5. The van der Waals surface area contributed by atoms with E-state index in [0.717, 1.165) is 70.6 Å². The van der Waals surface area contributed by atoms with Crippen molar-refractivity contribution in [2.24, 2.45) is 10.9 Å². The maximum atomic E-state index is 5.52. The summed E-state index contributed by atoms with van der Waals surface area (Å²) in [6.07, 6.45) is 2.19. The summed E-state index contributed by atoms with van der Waals surface area (Å²) in [7, 11) is 0. The van der Waals surface area contributed by atoms with E-state index in [0.29, 0.717) is 12.0 Å². The molecule has 2 N–H and O–H groups in total. The lowest BCUT2D eigenvalue weighted by molar-refractivity contribution is 0.0143. The van der Waals surface area contributed by atoms with Crippen LogP contribution in [0.3, 0.4) is 0 Å². The summed E-state index contributed by atoms with van der Waals surface area (Å²) in [6, 6.07) is 2.61. The van der Waals surface area contributed by atoms with Gasteiger partial charge in [-0.05, 0) is 45.6 Å². The normalized spacial score (nSPS) is 17.1. The molecular weight excluding hydrogens is 352 g/mol. The van der Waals surface area contributed by atoms with Crippen LogP contribution in [0, 0.1) is 19.8 Å². The van der Waals surface area contributed by atoms with Crippen molar-refractivity contribution in [3.63, 3.8) is 0 Å². The van der Waals surface area contributed by atoms with Crippen LogP contribution in [0.5, 0.6) is 0 Å². The smallest absolute Gasteiger partial charge is 0.191 e. The largest absolute Gasteiger partial charge is 0.379 e. The van der Waals surface area contributed by atoms with Crippen LogP contribution in [0.1, 0.15) is 45.0 Å². The standard InChI is InChI=1S/C21H40N6O/c1-6-22-21(23-8-7-9-27-19(5)15-18(4)25-27)24-16-20(14-17(2)3)26-10-12-28-13-11-26/h15,17,20H,6-14,16H2,1-5H3,(H2,22,23,24). The second-order valence-corrected chi connectivity index (χ2v) is 8.08. The SMILES string of the molecule is CCNC(=NCC(CC(C)C)N1CCOCC1)NCCCn1nc(C)cc1C. The fraction of sp³-hybridized carbons (Fsp3) is 0.810. The van der Waals surface area contributed by atoms with Gasteiger partial charge in [-0.3, -0.25) is 14.6 Å². The Labute approximate surface area is 170 Å². The molecule has 1 aromatic rings. The van der Waals surface area contributed by atoms with E-state index in [9.17, 15) is 0 Å². The van der Waals surface area contributed by atoms with Gasteiger partial charge in [0.1, 0.15) is 0 Å². The van der Waals surface area contributed by atoms with Gasteiger partial charge in [-0.15, -0.1) is 0 Å². The van der Waals surface area contributed by atoms with Gasteiger partial charge in [-0.2, -0.15) is 5.10 Å². The third kappa shape index (κ3) is 7.80. The molecule has 2 heterocycles. The molecule has 1 aromatic heterocycles. The Balaban J connectivity index is 1.85. The van der Waals surface area contributed by atoms with Crippen LogP contribution < -0.4 is 10.6 Å². The number of aliphatic imine (C=N–C) groups is 1. The zero-order valence-electron chi connectivity index (χ0n) is 18.5. The van der Waals surface area contributed by atoms with E-state index in [1.54, 1.807) is 0 Å². The molecule has 0 saturated carbocycles. The van der Waals surface area contributed by atoms with Crippen molar-refractivity contribution in [2.45, 2.75) is 60.0 Å². The minimum absolute atomic E-state index is 0.481. The van der Waals surface area contributed by atoms with Gasteiger partial charge in [0.25, 0.3) is 0 Å². The van der Waals surface area contributed by atoms with Gasteiger partial charge in [0.2, 0.25) is 0 Å². The van der Waals surface area contributed by atoms with Crippen molar-refractivity contribution < 1.29 is 4.74 Å². The Kier molecular flexibility index (Phi) is 9.78. The zero-order chi connectivity index (χ0) is 20.4. The van der Waals surface area contributed by atoms with Gasteiger partial charge in [0.05, 0.1) is 25.5 Å². The number of ether oxygens (including phenoxy) is 1. The lowest BCUT2D eigenvalue weighted by Crippen LogP contribution is -2.46. The van der Waals surface area contributed by atoms with Crippen molar-refractivity contribution in [2.75, 3.05) is 45.9 Å². The molecule has 1 aliphatic heterocycles. The monoisotopic (exact) mass is 392 g/mol. The van der Waals surface area contributed by atoms with E-state index in [-0.39, 0.29) is 0 Å². The molecule has 7 nitrogen and oxygen atoms in total. The molecule has 7 heteroatoms. The highest BCUT2D eigenvalue weighted by Gasteiger charge is 2.21. The number of nitrogens with one attached hydrogen (secondary N) is 2. The number of nitrogens with zero attached hydrogens (tertiary/aromatic N) is 4. The number of aromatic nitrogens is 2. The number of guanidine groups is 1. The summed E-state index contributed by atoms with van der Waals surface area (Å²) in [5, 5.41) is 11.4. The number of rotatable bonds is 10. The van der Waals surface area contributed by atoms with E-state index >= 15 is 0 Å². The number of hydrogen-bond donors (Lipinski definition) is 2. The summed E-state index contributed by atoms with van der Waals surface area (Å²) in [6.45, 7) is 18.1. The third-order valence-electron chi connectivity index (χ3n) is 5.05. The lowest BCUT2D eigenvalue weighted by Gasteiger charge is -2.34. The Morgan fingerprint density at radius 2 is 2.00 bits per heavy atom. The van der Waals surface area contributed by atoms with Crippen LogP contribution in [0.2, 0.25) is 0 Å². The molecule has 1 saturated heterocycles. The summed E-state index contributed by atoms with van der Waals surface area (Å²) in [5.74, 6) is 1.58. The number of morpholine rings is 1. The van der Waals surface area contributed by atoms with Gasteiger partial charge in [0, 0.05) is 44.5 Å². The predicted octanol–water partition coefficient (Wildman–Crippen LogP) is 2.19. The van der Waals surface area contributed by atoms with Crippen LogP contribution in [0.15, 0.2) is 11.1 Å². The van der Waals surface area contributed by atoms with Crippen LogP contribution in [-0.4, -0.2) is 72.6 Å². The predicted molar refractivity (Wildman–Crippen MR) is 116 cm³/mol. The van der Waals surface area contributed by atoms with Gasteiger partial charge in [0.15, 0.2) is 5.96 Å². The molecule has 1 aliphatic rings.